The number of fused-ring (bicyclic) bond motifs is 3. The first-order chi connectivity index (χ1) is 14.5. The third-order valence-electron chi connectivity index (χ3n) is 4.61. The van der Waals surface area contributed by atoms with Crippen LogP contribution in [0.3, 0.4) is 0 Å². The summed E-state index contributed by atoms with van der Waals surface area (Å²) in [6, 6.07) is 1.99. The van der Waals surface area contributed by atoms with E-state index in [-0.39, 0.29) is 5.56 Å². The highest BCUT2D eigenvalue weighted by atomic mass is 32.1. The van der Waals surface area contributed by atoms with Crippen LogP contribution in [0.1, 0.15) is 47.5 Å². The predicted octanol–water partition coefficient (Wildman–Crippen LogP) is 6.26. The molecule has 0 fully saturated rings. The molecule has 0 radical (unpaired) electrons. The molecule has 0 N–H and O–H groups in total. The van der Waals surface area contributed by atoms with Crippen molar-refractivity contribution in [2.24, 2.45) is 0 Å². The molecule has 0 aromatic carbocycles. The molecule has 3 rings (SSSR count). The molecular formula is C24H32N4OS. The van der Waals surface area contributed by atoms with Crippen LogP contribution in [-0.2, 0) is 0 Å². The van der Waals surface area contributed by atoms with Crippen LogP contribution < -0.4 is 10.5 Å². The average Bonchev–Trinajstić information content (AvgIpc) is 3.13. The zero-order valence-electron chi connectivity index (χ0n) is 18.8. The lowest BCUT2D eigenvalue weighted by molar-refractivity contribution is 0.855. The largest absolute Gasteiger partial charge is 0.374 e. The second kappa shape index (κ2) is 11.5. The molecular weight excluding hydrogens is 392 g/mol. The van der Waals surface area contributed by atoms with Gasteiger partial charge < -0.3 is 4.90 Å². The molecule has 0 atom stereocenters. The third-order valence-corrected chi connectivity index (χ3v) is 5.69. The van der Waals surface area contributed by atoms with E-state index in [1.165, 1.54) is 11.3 Å². The Morgan fingerprint density at radius 3 is 2.60 bits per heavy atom. The lowest BCUT2D eigenvalue weighted by Gasteiger charge is -2.19. The van der Waals surface area contributed by atoms with Gasteiger partial charge in [0, 0.05) is 25.5 Å². The quantitative estimate of drug-likeness (QED) is 0.346. The van der Waals surface area contributed by atoms with Crippen molar-refractivity contribution < 1.29 is 0 Å². The second-order valence-electron chi connectivity index (χ2n) is 6.94. The van der Waals surface area contributed by atoms with Crippen molar-refractivity contribution in [3.8, 4) is 0 Å². The van der Waals surface area contributed by atoms with Gasteiger partial charge in [0.1, 0.15) is 15.9 Å². The Morgan fingerprint density at radius 2 is 2.00 bits per heavy atom. The van der Waals surface area contributed by atoms with E-state index >= 15 is 0 Å². The van der Waals surface area contributed by atoms with Gasteiger partial charge >= 0.3 is 0 Å². The number of hydrogen-bond acceptors (Lipinski definition) is 5. The topological polar surface area (TPSA) is 51.0 Å². The van der Waals surface area contributed by atoms with E-state index in [0.717, 1.165) is 46.5 Å². The minimum atomic E-state index is -0.0460. The van der Waals surface area contributed by atoms with Crippen molar-refractivity contribution in [1.82, 2.24) is 14.5 Å². The summed E-state index contributed by atoms with van der Waals surface area (Å²) in [6.45, 7) is 11.1. The first-order valence-corrected chi connectivity index (χ1v) is 11.2. The normalized spacial score (nSPS) is 12.1. The number of nitrogens with zero attached hydrogens (tertiary/aromatic N) is 4. The zero-order valence-corrected chi connectivity index (χ0v) is 19.7. The van der Waals surface area contributed by atoms with Gasteiger partial charge in [-0.05, 0) is 45.8 Å². The molecule has 3 aromatic heterocycles. The standard InChI is InChI=1S/C19H22N4OS.C5H10/c1-5-7-8-13(3)23-12-21-16-15-14(22(4)11-6-2)9-10-20-18(15)25-17(16)19(23)24;1-3-5-4-2/h5,7-10,12H,6,11H2,1-4H3;3,5H,4H2,1-2H3/b7-5?,13-8+;5-3-. The van der Waals surface area contributed by atoms with Gasteiger partial charge in [0.05, 0.1) is 16.6 Å². The van der Waals surface area contributed by atoms with Gasteiger partial charge in [-0.2, -0.15) is 0 Å². The van der Waals surface area contributed by atoms with Crippen molar-refractivity contribution >= 4 is 43.2 Å². The van der Waals surface area contributed by atoms with Crippen LogP contribution in [-0.4, -0.2) is 28.1 Å². The summed E-state index contributed by atoms with van der Waals surface area (Å²) >= 11 is 1.41. The van der Waals surface area contributed by atoms with Gasteiger partial charge in [-0.25, -0.2) is 9.97 Å². The number of aromatic nitrogens is 3. The molecule has 0 saturated heterocycles. The van der Waals surface area contributed by atoms with E-state index in [1.807, 2.05) is 45.1 Å². The third kappa shape index (κ3) is 5.25. The Kier molecular flexibility index (Phi) is 8.99. The minimum Gasteiger partial charge on any atom is -0.374 e. The highest BCUT2D eigenvalue weighted by molar-refractivity contribution is 7.25. The molecule has 0 bridgehead atoms. The molecule has 0 aliphatic carbocycles. The minimum absolute atomic E-state index is 0.0460. The van der Waals surface area contributed by atoms with Crippen molar-refractivity contribution in [2.75, 3.05) is 18.5 Å². The zero-order chi connectivity index (χ0) is 22.1. The highest BCUT2D eigenvalue weighted by Crippen LogP contribution is 2.35. The lowest BCUT2D eigenvalue weighted by Crippen LogP contribution is -2.19. The van der Waals surface area contributed by atoms with Crippen LogP contribution in [0.2, 0.25) is 0 Å². The van der Waals surface area contributed by atoms with E-state index in [0.29, 0.717) is 4.70 Å². The fourth-order valence-electron chi connectivity index (χ4n) is 3.11. The molecule has 30 heavy (non-hydrogen) atoms. The van der Waals surface area contributed by atoms with Gasteiger partial charge in [-0.15, -0.1) is 11.3 Å². The lowest BCUT2D eigenvalue weighted by atomic mass is 10.2. The summed E-state index contributed by atoms with van der Waals surface area (Å²) < 4.78 is 2.24. The summed E-state index contributed by atoms with van der Waals surface area (Å²) in [6.07, 6.45) is 15.6. The number of thiophene rings is 1. The molecule has 3 heterocycles. The van der Waals surface area contributed by atoms with Gasteiger partial charge in [-0.3, -0.25) is 9.36 Å². The summed E-state index contributed by atoms with van der Waals surface area (Å²) in [5, 5.41) is 0.970. The van der Waals surface area contributed by atoms with E-state index in [9.17, 15) is 4.79 Å². The van der Waals surface area contributed by atoms with Crippen LogP contribution in [0.4, 0.5) is 5.69 Å². The smallest absolute Gasteiger partial charge is 0.275 e. The number of pyridine rings is 1. The Morgan fingerprint density at radius 1 is 1.23 bits per heavy atom. The van der Waals surface area contributed by atoms with Crippen LogP contribution in [0.25, 0.3) is 26.1 Å². The van der Waals surface area contributed by atoms with Crippen molar-refractivity contribution in [3.63, 3.8) is 0 Å². The van der Waals surface area contributed by atoms with Crippen LogP contribution in [0.5, 0.6) is 0 Å². The van der Waals surface area contributed by atoms with Crippen LogP contribution in [0.15, 0.2) is 53.8 Å². The van der Waals surface area contributed by atoms with E-state index in [2.05, 4.69) is 47.9 Å². The number of anilines is 1. The number of rotatable bonds is 6. The maximum absolute atomic E-state index is 12.9. The predicted molar refractivity (Wildman–Crippen MR) is 133 cm³/mol. The molecule has 0 spiro atoms. The van der Waals surface area contributed by atoms with Gasteiger partial charge in [-0.1, -0.05) is 38.2 Å². The monoisotopic (exact) mass is 424 g/mol. The summed E-state index contributed by atoms with van der Waals surface area (Å²) in [5.74, 6) is 0. The van der Waals surface area contributed by atoms with Gasteiger partial charge in [0.25, 0.3) is 5.56 Å². The molecule has 6 heteroatoms. The van der Waals surface area contributed by atoms with E-state index < -0.39 is 0 Å². The molecule has 0 unspecified atom stereocenters. The Hall–Kier alpha value is -2.73. The van der Waals surface area contributed by atoms with Crippen molar-refractivity contribution in [2.45, 2.75) is 47.5 Å². The number of allylic oxidation sites excluding steroid dienone is 6. The Bertz CT molecular complexity index is 1120. The molecule has 160 valence electrons. The molecule has 5 nitrogen and oxygen atoms in total. The molecule has 0 aliphatic rings. The Labute approximate surface area is 183 Å². The molecule has 0 aliphatic heterocycles. The summed E-state index contributed by atoms with van der Waals surface area (Å²) in [5.41, 5.74) is 2.61. The molecule has 0 saturated carbocycles. The first kappa shape index (κ1) is 23.5. The van der Waals surface area contributed by atoms with Crippen molar-refractivity contribution in [1.29, 1.82) is 0 Å². The van der Waals surface area contributed by atoms with Crippen LogP contribution >= 0.6 is 11.3 Å². The fourth-order valence-corrected chi connectivity index (χ4v) is 4.16. The van der Waals surface area contributed by atoms with E-state index in [1.54, 1.807) is 17.1 Å². The SMILES string of the molecule is C/C=C\CC.CC=C/C=C(\C)n1cnc2c(sc3nccc(N(C)CCC)c32)c1=O. The maximum Gasteiger partial charge on any atom is 0.275 e. The first-order valence-electron chi connectivity index (χ1n) is 10.4. The summed E-state index contributed by atoms with van der Waals surface area (Å²) in [7, 11) is 2.06. The van der Waals surface area contributed by atoms with E-state index in [4.69, 9.17) is 0 Å². The molecule has 0 amide bonds. The van der Waals surface area contributed by atoms with Gasteiger partial charge in [0.2, 0.25) is 0 Å². The Balaban J connectivity index is 0.000000575. The van der Waals surface area contributed by atoms with Crippen LogP contribution in [0, 0.1) is 0 Å². The maximum atomic E-state index is 12.9. The molecule has 3 aromatic rings. The fraction of sp³-hybridized carbons (Fsp3) is 0.375. The van der Waals surface area contributed by atoms with Gasteiger partial charge in [0.15, 0.2) is 0 Å². The number of hydrogen-bond donors (Lipinski definition) is 0. The highest BCUT2D eigenvalue weighted by Gasteiger charge is 2.17. The summed E-state index contributed by atoms with van der Waals surface area (Å²) in [4.78, 5) is 25.1. The van der Waals surface area contributed by atoms with Crippen molar-refractivity contribution in [3.05, 3.63) is 59.3 Å². The second-order valence-corrected chi connectivity index (χ2v) is 7.94. The average molecular weight is 425 g/mol.